The van der Waals surface area contributed by atoms with E-state index in [-0.39, 0.29) is 12.3 Å². The number of non-ortho nitro benzene ring substituents is 1. The molecule has 3 aromatic rings. The van der Waals surface area contributed by atoms with Crippen LogP contribution in [-0.4, -0.2) is 35.4 Å². The number of nitrogens with zero attached hydrogens (tertiary/aromatic N) is 2. The summed E-state index contributed by atoms with van der Waals surface area (Å²) in [5.74, 6) is -0.961. The first kappa shape index (κ1) is 21.2. The molecular formula is C24H21N3O5. The number of esters is 1. The van der Waals surface area contributed by atoms with E-state index < -0.39 is 16.8 Å². The number of fused-ring (bicyclic) bond motifs is 2. The number of para-hydroxylation sites is 1. The zero-order chi connectivity index (χ0) is 22.7. The summed E-state index contributed by atoms with van der Waals surface area (Å²) in [6.07, 6.45) is 4.05. The summed E-state index contributed by atoms with van der Waals surface area (Å²) in [6, 6.07) is 13.7. The topological polar surface area (TPSA) is 111 Å². The van der Waals surface area contributed by atoms with Crippen LogP contribution in [0, 0.1) is 10.1 Å². The average Bonchev–Trinajstić information content (AvgIpc) is 2.81. The Morgan fingerprint density at radius 2 is 2.00 bits per heavy atom. The van der Waals surface area contributed by atoms with Gasteiger partial charge in [-0.25, -0.2) is 9.78 Å². The molecule has 0 radical (unpaired) electrons. The van der Waals surface area contributed by atoms with E-state index in [9.17, 15) is 19.7 Å². The van der Waals surface area contributed by atoms with Gasteiger partial charge in [-0.3, -0.25) is 14.9 Å². The molecule has 0 saturated heterocycles. The largest absolute Gasteiger partial charge is 0.452 e. The van der Waals surface area contributed by atoms with Crippen LogP contribution < -0.4 is 5.32 Å². The Balaban J connectivity index is 1.83. The van der Waals surface area contributed by atoms with Crippen LogP contribution in [-0.2, 0) is 16.0 Å². The summed E-state index contributed by atoms with van der Waals surface area (Å²) in [4.78, 5) is 40.1. The molecule has 1 aromatic heterocycles. The van der Waals surface area contributed by atoms with Crippen molar-refractivity contribution < 1.29 is 19.2 Å². The van der Waals surface area contributed by atoms with E-state index in [1.165, 1.54) is 19.2 Å². The number of amides is 1. The van der Waals surface area contributed by atoms with Crippen molar-refractivity contribution in [3.05, 3.63) is 81.0 Å². The molecule has 1 amide bonds. The molecule has 0 bridgehead atoms. The zero-order valence-electron chi connectivity index (χ0n) is 17.5. The zero-order valence-corrected chi connectivity index (χ0v) is 17.5. The Morgan fingerprint density at radius 1 is 1.19 bits per heavy atom. The molecule has 1 aliphatic rings. The quantitative estimate of drug-likeness (QED) is 0.372. The Hall–Kier alpha value is -4.07. The van der Waals surface area contributed by atoms with Gasteiger partial charge in [-0.05, 0) is 48.1 Å². The lowest BCUT2D eigenvalue weighted by Crippen LogP contribution is -2.26. The highest BCUT2D eigenvalue weighted by Gasteiger charge is 2.26. The highest BCUT2D eigenvalue weighted by Crippen LogP contribution is 2.36. The number of ether oxygens (including phenoxy) is 1. The second-order valence-electron chi connectivity index (χ2n) is 7.46. The van der Waals surface area contributed by atoms with Gasteiger partial charge in [0.2, 0.25) is 0 Å². The molecule has 0 saturated carbocycles. The third-order valence-electron chi connectivity index (χ3n) is 5.41. The summed E-state index contributed by atoms with van der Waals surface area (Å²) >= 11 is 0. The fourth-order valence-electron chi connectivity index (χ4n) is 3.91. The van der Waals surface area contributed by atoms with E-state index >= 15 is 0 Å². The molecule has 2 aromatic carbocycles. The monoisotopic (exact) mass is 431 g/mol. The highest BCUT2D eigenvalue weighted by molar-refractivity contribution is 6.07. The molecule has 0 atom stereocenters. The van der Waals surface area contributed by atoms with Gasteiger partial charge in [-0.2, -0.15) is 0 Å². The standard InChI is InChI=1S/C24H21N3O5/c1-25-21(28)14-32-24(29)22-18-9-2-3-11-20(18)26-23-16(7-5-10-19(22)23)12-15-6-4-8-17(13-15)27(30)31/h2-4,6,8-9,11-13H,5,7,10,14H2,1H3,(H,25,28). The van der Waals surface area contributed by atoms with Gasteiger partial charge < -0.3 is 10.1 Å². The molecular weight excluding hydrogens is 410 g/mol. The summed E-state index contributed by atoms with van der Waals surface area (Å²) in [5.41, 5.74) is 4.13. The van der Waals surface area contributed by atoms with Gasteiger partial charge in [-0.15, -0.1) is 0 Å². The van der Waals surface area contributed by atoms with E-state index in [4.69, 9.17) is 9.72 Å². The number of benzene rings is 2. The lowest BCUT2D eigenvalue weighted by Gasteiger charge is -2.22. The van der Waals surface area contributed by atoms with Crippen molar-refractivity contribution in [2.24, 2.45) is 0 Å². The van der Waals surface area contributed by atoms with Crippen molar-refractivity contribution in [1.82, 2.24) is 10.3 Å². The molecule has 8 heteroatoms. The number of pyridine rings is 1. The van der Waals surface area contributed by atoms with Gasteiger partial charge in [0.15, 0.2) is 6.61 Å². The van der Waals surface area contributed by atoms with E-state index in [0.29, 0.717) is 34.1 Å². The predicted molar refractivity (Wildman–Crippen MR) is 120 cm³/mol. The molecule has 32 heavy (non-hydrogen) atoms. The summed E-state index contributed by atoms with van der Waals surface area (Å²) in [5, 5.41) is 14.2. The highest BCUT2D eigenvalue weighted by atomic mass is 16.6. The van der Waals surface area contributed by atoms with Gasteiger partial charge in [0.1, 0.15) is 0 Å². The maximum Gasteiger partial charge on any atom is 0.339 e. The first-order valence-corrected chi connectivity index (χ1v) is 10.2. The van der Waals surface area contributed by atoms with Crippen LogP contribution in [0.5, 0.6) is 0 Å². The molecule has 1 aliphatic carbocycles. The minimum atomic E-state index is -0.569. The number of allylic oxidation sites excluding steroid dienone is 1. The van der Waals surface area contributed by atoms with Crippen molar-refractivity contribution in [1.29, 1.82) is 0 Å². The number of nitro benzene ring substituents is 1. The van der Waals surface area contributed by atoms with E-state index in [1.807, 2.05) is 30.3 Å². The van der Waals surface area contributed by atoms with Crippen LogP contribution in [0.4, 0.5) is 5.69 Å². The molecule has 0 aliphatic heterocycles. The van der Waals surface area contributed by atoms with Crippen molar-refractivity contribution in [3.63, 3.8) is 0 Å². The molecule has 1 heterocycles. The normalized spacial score (nSPS) is 14.1. The fourth-order valence-corrected chi connectivity index (χ4v) is 3.91. The molecule has 0 unspecified atom stereocenters. The number of hydrogen-bond donors (Lipinski definition) is 1. The maximum atomic E-state index is 13.0. The number of rotatable bonds is 5. The Labute approximate surface area is 184 Å². The van der Waals surface area contributed by atoms with Gasteiger partial charge in [0, 0.05) is 24.6 Å². The lowest BCUT2D eigenvalue weighted by atomic mass is 9.86. The van der Waals surface area contributed by atoms with Crippen molar-refractivity contribution >= 4 is 40.1 Å². The average molecular weight is 431 g/mol. The first-order chi connectivity index (χ1) is 15.5. The summed E-state index contributed by atoms with van der Waals surface area (Å²) < 4.78 is 5.28. The summed E-state index contributed by atoms with van der Waals surface area (Å²) in [7, 11) is 1.48. The lowest BCUT2D eigenvalue weighted by molar-refractivity contribution is -0.384. The Bertz CT molecular complexity index is 1270. The van der Waals surface area contributed by atoms with Gasteiger partial charge >= 0.3 is 5.97 Å². The Kier molecular flexibility index (Phi) is 5.93. The van der Waals surface area contributed by atoms with Crippen LogP contribution in [0.25, 0.3) is 22.6 Å². The third-order valence-corrected chi connectivity index (χ3v) is 5.41. The second kappa shape index (κ2) is 8.97. The minimum Gasteiger partial charge on any atom is -0.452 e. The first-order valence-electron chi connectivity index (χ1n) is 10.2. The number of carbonyl (C=O) groups is 2. The molecule has 162 valence electrons. The fraction of sp³-hybridized carbons (Fsp3) is 0.208. The summed E-state index contributed by atoms with van der Waals surface area (Å²) in [6.45, 7) is -0.364. The van der Waals surface area contributed by atoms with E-state index in [0.717, 1.165) is 24.0 Å². The van der Waals surface area contributed by atoms with Gasteiger partial charge in [0.25, 0.3) is 11.6 Å². The molecule has 1 N–H and O–H groups in total. The third kappa shape index (κ3) is 4.20. The number of nitrogens with one attached hydrogen (secondary N) is 1. The smallest absolute Gasteiger partial charge is 0.339 e. The van der Waals surface area contributed by atoms with Crippen molar-refractivity contribution in [2.45, 2.75) is 19.3 Å². The van der Waals surface area contributed by atoms with Crippen LogP contribution in [0.2, 0.25) is 0 Å². The number of nitro groups is 1. The van der Waals surface area contributed by atoms with Gasteiger partial charge in [-0.1, -0.05) is 30.3 Å². The van der Waals surface area contributed by atoms with E-state index in [2.05, 4.69) is 5.32 Å². The SMILES string of the molecule is CNC(=O)COC(=O)c1c2c(nc3ccccc13)C(=Cc1cccc([N+](=O)[O-])c1)CCC2. The number of hydrogen-bond acceptors (Lipinski definition) is 6. The van der Waals surface area contributed by atoms with E-state index in [1.54, 1.807) is 12.1 Å². The number of aromatic nitrogens is 1. The predicted octanol–water partition coefficient (Wildman–Crippen LogP) is 3.92. The molecule has 8 nitrogen and oxygen atoms in total. The second-order valence-corrected chi connectivity index (χ2v) is 7.46. The maximum absolute atomic E-state index is 13.0. The van der Waals surface area contributed by atoms with Crippen molar-refractivity contribution in [2.75, 3.05) is 13.7 Å². The molecule has 4 rings (SSSR count). The molecule has 0 fully saturated rings. The Morgan fingerprint density at radius 3 is 2.78 bits per heavy atom. The molecule has 0 spiro atoms. The van der Waals surface area contributed by atoms with Gasteiger partial charge in [0.05, 0.1) is 21.7 Å². The minimum absolute atomic E-state index is 0.0142. The van der Waals surface area contributed by atoms with Crippen LogP contribution >= 0.6 is 0 Å². The van der Waals surface area contributed by atoms with Crippen LogP contribution in [0.3, 0.4) is 0 Å². The number of likely N-dealkylation sites (N-methyl/N-ethyl adjacent to an activating group) is 1. The van der Waals surface area contributed by atoms with Crippen LogP contribution in [0.15, 0.2) is 48.5 Å². The number of carbonyl (C=O) groups excluding carboxylic acids is 2. The van der Waals surface area contributed by atoms with Crippen molar-refractivity contribution in [3.8, 4) is 0 Å². The van der Waals surface area contributed by atoms with Crippen LogP contribution in [0.1, 0.15) is 40.0 Å².